The Kier molecular flexibility index (Phi) is 8.09. The summed E-state index contributed by atoms with van der Waals surface area (Å²) in [5.74, 6) is -1.13. The Balaban J connectivity index is 3.32. The first kappa shape index (κ1) is 23.7. The van der Waals surface area contributed by atoms with Gasteiger partial charge in [0.15, 0.2) is 5.16 Å². The molecule has 0 aliphatic heterocycles. The van der Waals surface area contributed by atoms with E-state index < -0.39 is 30.1 Å². The number of carbonyl (C=O) groups excluding carboxylic acids is 1. The standard InChI is InChI=1S/C20H33O6P/c1-6-15(7-2)20(27(23,24)25,18(22)26-8-3)14-13-19(4,5)16-9-11-17(21)12-10-16/h9-12,15,21H,6-8,13-14H2,1-5H3,(H2,23,24,25). The Hall–Kier alpha value is -1.36. The molecule has 0 heterocycles. The maximum Gasteiger partial charge on any atom is 0.343 e. The van der Waals surface area contributed by atoms with Crippen molar-refractivity contribution in [2.45, 2.75) is 70.9 Å². The summed E-state index contributed by atoms with van der Waals surface area (Å²) in [7, 11) is -4.78. The second kappa shape index (κ2) is 9.22. The summed E-state index contributed by atoms with van der Waals surface area (Å²) < 4.78 is 17.7. The monoisotopic (exact) mass is 400 g/mol. The Labute approximate surface area is 162 Å². The zero-order chi connectivity index (χ0) is 20.9. The van der Waals surface area contributed by atoms with Crippen LogP contribution in [0.25, 0.3) is 0 Å². The molecular formula is C20H33O6P. The minimum atomic E-state index is -4.78. The third-order valence-electron chi connectivity index (χ3n) is 5.59. The SMILES string of the molecule is CCOC(=O)C(CCC(C)(C)c1ccc(O)cc1)(C(CC)CC)P(=O)(O)O. The summed E-state index contributed by atoms with van der Waals surface area (Å²) in [6.45, 7) is 9.30. The molecule has 0 bridgehead atoms. The topological polar surface area (TPSA) is 104 Å². The lowest BCUT2D eigenvalue weighted by Gasteiger charge is -2.40. The van der Waals surface area contributed by atoms with E-state index in [1.165, 1.54) is 0 Å². The number of carbonyl (C=O) groups is 1. The number of benzene rings is 1. The summed E-state index contributed by atoms with van der Waals surface area (Å²) in [5, 5.41) is 7.65. The van der Waals surface area contributed by atoms with Crippen LogP contribution in [0.1, 0.15) is 65.9 Å². The number of rotatable bonds is 10. The molecule has 0 fully saturated rings. The van der Waals surface area contributed by atoms with Crippen molar-refractivity contribution in [2.75, 3.05) is 6.61 Å². The van der Waals surface area contributed by atoms with Gasteiger partial charge in [-0.2, -0.15) is 0 Å². The zero-order valence-electron chi connectivity index (χ0n) is 16.9. The number of aromatic hydroxyl groups is 1. The third-order valence-corrected chi connectivity index (χ3v) is 7.40. The smallest absolute Gasteiger partial charge is 0.343 e. The second-order valence-electron chi connectivity index (χ2n) is 7.63. The molecule has 1 atom stereocenters. The van der Waals surface area contributed by atoms with Crippen molar-refractivity contribution in [3.05, 3.63) is 29.8 Å². The molecule has 1 aromatic rings. The van der Waals surface area contributed by atoms with E-state index in [0.29, 0.717) is 19.3 Å². The van der Waals surface area contributed by atoms with Gasteiger partial charge in [0.05, 0.1) is 6.61 Å². The second-order valence-corrected chi connectivity index (χ2v) is 9.52. The number of hydrogen-bond acceptors (Lipinski definition) is 4. The van der Waals surface area contributed by atoms with Gasteiger partial charge in [-0.15, -0.1) is 0 Å². The Bertz CT molecular complexity index is 660. The first-order valence-electron chi connectivity index (χ1n) is 9.48. The van der Waals surface area contributed by atoms with E-state index in [9.17, 15) is 24.3 Å². The van der Waals surface area contributed by atoms with E-state index in [-0.39, 0.29) is 18.8 Å². The predicted molar refractivity (Wildman–Crippen MR) is 106 cm³/mol. The van der Waals surface area contributed by atoms with E-state index in [1.807, 2.05) is 27.7 Å². The molecule has 1 aromatic carbocycles. The molecule has 0 aromatic heterocycles. The molecule has 0 amide bonds. The van der Waals surface area contributed by atoms with Crippen molar-refractivity contribution < 1.29 is 29.0 Å². The van der Waals surface area contributed by atoms with Gasteiger partial charge in [-0.25, -0.2) is 0 Å². The van der Waals surface area contributed by atoms with Gasteiger partial charge in [-0.1, -0.05) is 52.7 Å². The van der Waals surface area contributed by atoms with Gasteiger partial charge in [-0.3, -0.25) is 9.36 Å². The number of phenolic OH excluding ortho intramolecular Hbond substituents is 1. The van der Waals surface area contributed by atoms with E-state index in [4.69, 9.17) is 4.74 Å². The minimum absolute atomic E-state index is 0.0241. The molecule has 1 rings (SSSR count). The lowest BCUT2D eigenvalue weighted by molar-refractivity contribution is -0.149. The highest BCUT2D eigenvalue weighted by molar-refractivity contribution is 7.54. The molecule has 27 heavy (non-hydrogen) atoms. The van der Waals surface area contributed by atoms with Crippen LogP contribution in [-0.4, -0.2) is 32.6 Å². The van der Waals surface area contributed by atoms with Crippen LogP contribution in [0.15, 0.2) is 24.3 Å². The maximum absolute atomic E-state index is 12.8. The first-order chi connectivity index (χ1) is 12.5. The third kappa shape index (κ3) is 5.13. The van der Waals surface area contributed by atoms with Crippen molar-refractivity contribution in [2.24, 2.45) is 5.92 Å². The summed E-state index contributed by atoms with van der Waals surface area (Å²) >= 11 is 0. The van der Waals surface area contributed by atoms with Crippen LogP contribution in [0.3, 0.4) is 0 Å². The van der Waals surface area contributed by atoms with Crippen LogP contribution in [0.4, 0.5) is 0 Å². The zero-order valence-corrected chi connectivity index (χ0v) is 17.8. The Morgan fingerprint density at radius 1 is 1.07 bits per heavy atom. The van der Waals surface area contributed by atoms with E-state index >= 15 is 0 Å². The van der Waals surface area contributed by atoms with Crippen LogP contribution >= 0.6 is 7.60 Å². The van der Waals surface area contributed by atoms with E-state index in [0.717, 1.165) is 5.56 Å². The predicted octanol–water partition coefficient (Wildman–Crippen LogP) is 4.37. The van der Waals surface area contributed by atoms with Gasteiger partial charge in [0.2, 0.25) is 0 Å². The van der Waals surface area contributed by atoms with Gasteiger partial charge >= 0.3 is 13.6 Å². The van der Waals surface area contributed by atoms with Gasteiger partial charge in [0.25, 0.3) is 0 Å². The molecule has 0 saturated heterocycles. The average Bonchev–Trinajstić information content (AvgIpc) is 2.58. The maximum atomic E-state index is 12.8. The molecule has 154 valence electrons. The lowest BCUT2D eigenvalue weighted by Crippen LogP contribution is -2.47. The quantitative estimate of drug-likeness (QED) is 0.398. The van der Waals surface area contributed by atoms with Crippen LogP contribution in [0.5, 0.6) is 5.75 Å². The summed E-state index contributed by atoms with van der Waals surface area (Å²) in [4.78, 5) is 33.3. The Morgan fingerprint density at radius 3 is 2.00 bits per heavy atom. The van der Waals surface area contributed by atoms with Crippen LogP contribution < -0.4 is 0 Å². The fraction of sp³-hybridized carbons (Fsp3) is 0.650. The molecule has 7 heteroatoms. The molecule has 0 aliphatic rings. The molecule has 0 spiro atoms. The first-order valence-corrected chi connectivity index (χ1v) is 11.1. The van der Waals surface area contributed by atoms with Gasteiger partial charge < -0.3 is 19.6 Å². The summed E-state index contributed by atoms with van der Waals surface area (Å²) in [6.07, 6.45) is 1.36. The molecule has 6 nitrogen and oxygen atoms in total. The largest absolute Gasteiger partial charge is 0.508 e. The summed E-state index contributed by atoms with van der Waals surface area (Å²) in [5.41, 5.74) is 0.487. The fourth-order valence-electron chi connectivity index (χ4n) is 3.76. The molecule has 3 N–H and O–H groups in total. The highest BCUT2D eigenvalue weighted by atomic mass is 31.2. The van der Waals surface area contributed by atoms with Crippen molar-refractivity contribution >= 4 is 13.6 Å². The number of phenols is 1. The van der Waals surface area contributed by atoms with Gasteiger partial charge in [0, 0.05) is 0 Å². The molecule has 0 saturated carbocycles. The number of ether oxygens (including phenoxy) is 1. The highest BCUT2D eigenvalue weighted by Gasteiger charge is 2.58. The van der Waals surface area contributed by atoms with Crippen LogP contribution in [-0.2, 0) is 19.5 Å². The van der Waals surface area contributed by atoms with Crippen molar-refractivity contribution in [1.29, 1.82) is 0 Å². The fourth-order valence-corrected chi connectivity index (χ4v) is 5.30. The van der Waals surface area contributed by atoms with E-state index in [1.54, 1.807) is 31.2 Å². The molecule has 0 aliphatic carbocycles. The minimum Gasteiger partial charge on any atom is -0.508 e. The molecule has 1 unspecified atom stereocenters. The lowest BCUT2D eigenvalue weighted by atomic mass is 9.75. The number of esters is 1. The Morgan fingerprint density at radius 2 is 1.59 bits per heavy atom. The van der Waals surface area contributed by atoms with Gasteiger partial charge in [0.1, 0.15) is 5.75 Å². The van der Waals surface area contributed by atoms with Crippen molar-refractivity contribution in [3.63, 3.8) is 0 Å². The molecule has 0 radical (unpaired) electrons. The van der Waals surface area contributed by atoms with E-state index in [2.05, 4.69) is 0 Å². The highest BCUT2D eigenvalue weighted by Crippen LogP contribution is 2.60. The van der Waals surface area contributed by atoms with Gasteiger partial charge in [-0.05, 0) is 48.8 Å². The van der Waals surface area contributed by atoms with Crippen LogP contribution in [0.2, 0.25) is 0 Å². The normalized spacial score (nSPS) is 14.8. The summed E-state index contributed by atoms with van der Waals surface area (Å²) in [6, 6.07) is 6.74. The van der Waals surface area contributed by atoms with Crippen molar-refractivity contribution in [1.82, 2.24) is 0 Å². The average molecular weight is 400 g/mol. The molecular weight excluding hydrogens is 367 g/mol. The number of hydrogen-bond donors (Lipinski definition) is 3. The van der Waals surface area contributed by atoms with Crippen molar-refractivity contribution in [3.8, 4) is 5.75 Å². The van der Waals surface area contributed by atoms with Crippen LogP contribution in [0, 0.1) is 5.92 Å².